The van der Waals surface area contributed by atoms with Gasteiger partial charge in [0.2, 0.25) is 5.91 Å². The number of ether oxygens (including phenoxy) is 2. The number of hydrogen-bond donors (Lipinski definition) is 1. The van der Waals surface area contributed by atoms with Crippen LogP contribution >= 0.6 is 0 Å². The van der Waals surface area contributed by atoms with Gasteiger partial charge in [-0.3, -0.25) is 13.9 Å². The monoisotopic (exact) mass is 418 g/mol. The van der Waals surface area contributed by atoms with Crippen LogP contribution in [0.25, 0.3) is 0 Å². The molecule has 0 fully saturated rings. The quantitative estimate of drug-likeness (QED) is 0.496. The lowest BCUT2D eigenvalue weighted by molar-refractivity contribution is -0.138. The summed E-state index contributed by atoms with van der Waals surface area (Å²) in [5, 5.41) is 2.57. The molecule has 0 unspecified atom stereocenters. The molecule has 0 bridgehead atoms. The highest BCUT2D eigenvalue weighted by atomic mass is 32.2. The first kappa shape index (κ1) is 22.0. The summed E-state index contributed by atoms with van der Waals surface area (Å²) in [5.41, 5.74) is 0.729. The van der Waals surface area contributed by atoms with E-state index in [1.54, 1.807) is 18.2 Å². The molecule has 2 aromatic rings. The molecule has 0 aromatic heterocycles. The van der Waals surface area contributed by atoms with Crippen molar-refractivity contribution in [2.45, 2.75) is 11.8 Å². The van der Waals surface area contributed by atoms with Crippen molar-refractivity contribution in [2.75, 3.05) is 29.9 Å². The normalized spacial score (nSPS) is 10.7. The number of nitrogens with one attached hydrogen (secondary N) is 1. The van der Waals surface area contributed by atoms with Crippen molar-refractivity contribution < 1.29 is 27.5 Å². The fraction of sp³-hybridized carbons (Fsp3) is 0.200. The maximum Gasteiger partial charge on any atom is 0.326 e. The van der Waals surface area contributed by atoms with Crippen LogP contribution < -0.4 is 14.4 Å². The first-order valence-corrected chi connectivity index (χ1v) is 10.0. The van der Waals surface area contributed by atoms with E-state index in [-0.39, 0.29) is 16.5 Å². The standard InChI is InChI=1S/C20H22N2O6S/c1-4-13-28-18-9-7-17(8-10-18)22(14-20(24)27-3)29(25,26)19-11-5-16(6-12-19)21-15(2)23/h4-12H,1,13-14H2,2-3H3,(H,21,23). The van der Waals surface area contributed by atoms with Crippen LogP contribution in [0, 0.1) is 0 Å². The third kappa shape index (κ3) is 5.82. The van der Waals surface area contributed by atoms with Crippen LogP contribution in [0.5, 0.6) is 5.75 Å². The first-order chi connectivity index (χ1) is 13.8. The van der Waals surface area contributed by atoms with Crippen LogP contribution in [-0.4, -0.2) is 40.6 Å². The number of esters is 1. The topological polar surface area (TPSA) is 102 Å². The van der Waals surface area contributed by atoms with Gasteiger partial charge in [-0.25, -0.2) is 8.42 Å². The Balaban J connectivity index is 2.38. The van der Waals surface area contributed by atoms with Crippen molar-refractivity contribution in [3.8, 4) is 5.75 Å². The van der Waals surface area contributed by atoms with Crippen LogP contribution in [0.2, 0.25) is 0 Å². The van der Waals surface area contributed by atoms with E-state index >= 15 is 0 Å². The second-order valence-electron chi connectivity index (χ2n) is 5.89. The third-order valence-electron chi connectivity index (χ3n) is 3.76. The third-order valence-corrected chi connectivity index (χ3v) is 5.54. The SMILES string of the molecule is C=CCOc1ccc(N(CC(=O)OC)S(=O)(=O)c2ccc(NC(C)=O)cc2)cc1. The van der Waals surface area contributed by atoms with Crippen LogP contribution in [0.4, 0.5) is 11.4 Å². The predicted molar refractivity (Wildman–Crippen MR) is 109 cm³/mol. The van der Waals surface area contributed by atoms with E-state index in [4.69, 9.17) is 4.74 Å². The Hall–Kier alpha value is -3.33. The highest BCUT2D eigenvalue weighted by molar-refractivity contribution is 7.92. The summed E-state index contributed by atoms with van der Waals surface area (Å²) in [6.45, 7) is 4.73. The molecule has 154 valence electrons. The largest absolute Gasteiger partial charge is 0.490 e. The summed E-state index contributed by atoms with van der Waals surface area (Å²) < 4.78 is 37.3. The maximum absolute atomic E-state index is 13.2. The average molecular weight is 418 g/mol. The summed E-state index contributed by atoms with van der Waals surface area (Å²) in [7, 11) is -2.89. The Bertz CT molecular complexity index is 969. The average Bonchev–Trinajstić information content (AvgIpc) is 2.70. The Morgan fingerprint density at radius 1 is 1.10 bits per heavy atom. The molecule has 0 aliphatic rings. The molecule has 1 N–H and O–H groups in total. The summed E-state index contributed by atoms with van der Waals surface area (Å²) in [5.74, 6) is -0.453. The van der Waals surface area contributed by atoms with Gasteiger partial charge in [-0.15, -0.1) is 0 Å². The number of carbonyl (C=O) groups excluding carboxylic acids is 2. The lowest BCUT2D eigenvalue weighted by Gasteiger charge is -2.23. The van der Waals surface area contributed by atoms with Crippen LogP contribution in [0.1, 0.15) is 6.92 Å². The number of sulfonamides is 1. The molecule has 1 amide bonds. The van der Waals surface area contributed by atoms with Crippen LogP contribution in [0.15, 0.2) is 66.1 Å². The Kier molecular flexibility index (Phi) is 7.38. The summed E-state index contributed by atoms with van der Waals surface area (Å²) >= 11 is 0. The number of carbonyl (C=O) groups is 2. The van der Waals surface area contributed by atoms with Gasteiger partial charge in [0, 0.05) is 12.6 Å². The number of anilines is 2. The summed E-state index contributed by atoms with van der Waals surface area (Å²) in [6, 6.07) is 11.9. The van der Waals surface area contributed by atoms with Crippen molar-refractivity contribution in [2.24, 2.45) is 0 Å². The van der Waals surface area contributed by atoms with Gasteiger partial charge in [-0.1, -0.05) is 12.7 Å². The molecule has 0 spiro atoms. The Morgan fingerprint density at radius 2 is 1.72 bits per heavy atom. The van der Waals surface area contributed by atoms with Crippen molar-refractivity contribution in [3.63, 3.8) is 0 Å². The highest BCUT2D eigenvalue weighted by Crippen LogP contribution is 2.26. The maximum atomic E-state index is 13.2. The Morgan fingerprint density at radius 3 is 2.24 bits per heavy atom. The van der Waals surface area contributed by atoms with E-state index in [1.807, 2.05) is 0 Å². The number of benzene rings is 2. The molecule has 0 atom stereocenters. The second kappa shape index (κ2) is 9.74. The molecule has 8 nitrogen and oxygen atoms in total. The van der Waals surface area contributed by atoms with E-state index in [1.165, 1.54) is 50.4 Å². The zero-order chi connectivity index (χ0) is 21.4. The number of hydrogen-bond acceptors (Lipinski definition) is 6. The molecule has 2 rings (SSSR count). The molecular formula is C20H22N2O6S. The van der Waals surface area contributed by atoms with Crippen molar-refractivity contribution in [3.05, 3.63) is 61.2 Å². The molecule has 0 saturated carbocycles. The minimum absolute atomic E-state index is 0.0394. The smallest absolute Gasteiger partial charge is 0.326 e. The van der Waals surface area contributed by atoms with Crippen LogP contribution in [0.3, 0.4) is 0 Å². The van der Waals surface area contributed by atoms with Crippen molar-refractivity contribution in [1.82, 2.24) is 0 Å². The number of amides is 1. The molecule has 9 heteroatoms. The summed E-state index contributed by atoms with van der Waals surface area (Å²) in [4.78, 5) is 22.9. The molecule has 0 aliphatic carbocycles. The molecule has 0 saturated heterocycles. The zero-order valence-corrected chi connectivity index (χ0v) is 16.9. The lowest BCUT2D eigenvalue weighted by Crippen LogP contribution is -2.36. The molecular weight excluding hydrogens is 396 g/mol. The van der Waals surface area contributed by atoms with E-state index in [0.29, 0.717) is 18.0 Å². The van der Waals surface area contributed by atoms with Crippen molar-refractivity contribution >= 4 is 33.3 Å². The summed E-state index contributed by atoms with van der Waals surface area (Å²) in [6.07, 6.45) is 1.59. The van der Waals surface area contributed by atoms with Crippen LogP contribution in [-0.2, 0) is 24.3 Å². The van der Waals surface area contributed by atoms with Gasteiger partial charge in [0.05, 0.1) is 17.7 Å². The zero-order valence-electron chi connectivity index (χ0n) is 16.1. The van der Waals surface area contributed by atoms with Gasteiger partial charge in [0.1, 0.15) is 18.9 Å². The van der Waals surface area contributed by atoms with Gasteiger partial charge in [-0.05, 0) is 48.5 Å². The van der Waals surface area contributed by atoms with Gasteiger partial charge in [-0.2, -0.15) is 0 Å². The van der Waals surface area contributed by atoms with Gasteiger partial charge >= 0.3 is 5.97 Å². The first-order valence-electron chi connectivity index (χ1n) is 8.59. The number of methoxy groups -OCH3 is 1. The highest BCUT2D eigenvalue weighted by Gasteiger charge is 2.27. The van der Waals surface area contributed by atoms with Gasteiger partial charge in [0.15, 0.2) is 0 Å². The number of nitrogens with zero attached hydrogens (tertiary/aromatic N) is 1. The second-order valence-corrected chi connectivity index (χ2v) is 7.75. The number of rotatable bonds is 9. The molecule has 2 aromatic carbocycles. The van der Waals surface area contributed by atoms with Gasteiger partial charge < -0.3 is 14.8 Å². The van der Waals surface area contributed by atoms with E-state index < -0.39 is 22.5 Å². The fourth-order valence-electron chi connectivity index (χ4n) is 2.40. The Labute approximate surface area is 169 Å². The van der Waals surface area contributed by atoms with E-state index in [2.05, 4.69) is 16.6 Å². The lowest BCUT2D eigenvalue weighted by atomic mass is 10.3. The molecule has 29 heavy (non-hydrogen) atoms. The van der Waals surface area contributed by atoms with Crippen molar-refractivity contribution in [1.29, 1.82) is 0 Å². The fourth-order valence-corrected chi connectivity index (χ4v) is 3.81. The minimum Gasteiger partial charge on any atom is -0.490 e. The molecule has 0 aliphatic heterocycles. The molecule has 0 heterocycles. The van der Waals surface area contributed by atoms with Gasteiger partial charge in [0.25, 0.3) is 10.0 Å². The minimum atomic E-state index is -4.07. The predicted octanol–water partition coefficient (Wildman–Crippen LogP) is 2.58. The molecule has 0 radical (unpaired) electrons. The van der Waals surface area contributed by atoms with E-state index in [9.17, 15) is 18.0 Å². The van der Waals surface area contributed by atoms with E-state index in [0.717, 1.165) is 4.31 Å².